The van der Waals surface area contributed by atoms with Crippen molar-refractivity contribution >= 4 is 33.3 Å². The van der Waals surface area contributed by atoms with Crippen LogP contribution in [0.15, 0.2) is 51.7 Å². The SMILES string of the molecule is C[C@@H](Sc1nc2ccsc2c(=O)n1C)c1ccccc1. The molecule has 3 nitrogen and oxygen atoms in total. The van der Waals surface area contributed by atoms with Crippen LogP contribution in [0.2, 0.25) is 0 Å². The van der Waals surface area contributed by atoms with Gasteiger partial charge in [0.15, 0.2) is 5.16 Å². The minimum absolute atomic E-state index is 0.0350. The van der Waals surface area contributed by atoms with Gasteiger partial charge in [0.1, 0.15) is 4.70 Å². The van der Waals surface area contributed by atoms with E-state index in [9.17, 15) is 4.79 Å². The molecule has 2 heterocycles. The topological polar surface area (TPSA) is 34.9 Å². The number of hydrogen-bond acceptors (Lipinski definition) is 4. The van der Waals surface area contributed by atoms with Crippen molar-refractivity contribution < 1.29 is 0 Å². The summed E-state index contributed by atoms with van der Waals surface area (Å²) in [4.78, 5) is 16.8. The van der Waals surface area contributed by atoms with Crippen molar-refractivity contribution in [2.24, 2.45) is 7.05 Å². The number of fused-ring (bicyclic) bond motifs is 1. The average Bonchev–Trinajstić information content (AvgIpc) is 2.93. The molecule has 0 radical (unpaired) electrons. The third-order valence-electron chi connectivity index (χ3n) is 3.20. The highest BCUT2D eigenvalue weighted by Gasteiger charge is 2.14. The Morgan fingerprint density at radius 3 is 2.75 bits per heavy atom. The first-order valence-corrected chi connectivity index (χ1v) is 8.08. The van der Waals surface area contributed by atoms with Crippen LogP contribution in [0.25, 0.3) is 10.2 Å². The van der Waals surface area contributed by atoms with Gasteiger partial charge >= 0.3 is 0 Å². The van der Waals surface area contributed by atoms with Crippen LogP contribution in [0.5, 0.6) is 0 Å². The maximum absolute atomic E-state index is 12.2. The van der Waals surface area contributed by atoms with E-state index in [-0.39, 0.29) is 10.8 Å². The fourth-order valence-electron chi connectivity index (χ4n) is 2.02. The standard InChI is InChI=1S/C15H14N2OS2/c1-10(11-6-4-3-5-7-11)20-15-16-12-8-9-19-13(12)14(18)17(15)2/h3-10H,1-2H3/t10-/m1/s1. The predicted octanol–water partition coefficient (Wildman–Crippen LogP) is 3.85. The molecule has 0 aliphatic heterocycles. The maximum Gasteiger partial charge on any atom is 0.271 e. The van der Waals surface area contributed by atoms with E-state index in [4.69, 9.17) is 0 Å². The molecule has 5 heteroatoms. The Balaban J connectivity index is 1.99. The number of aromatic nitrogens is 2. The van der Waals surface area contributed by atoms with E-state index in [0.29, 0.717) is 0 Å². The Hall–Kier alpha value is -1.59. The maximum atomic E-state index is 12.2. The van der Waals surface area contributed by atoms with Crippen LogP contribution >= 0.6 is 23.1 Å². The first-order valence-electron chi connectivity index (χ1n) is 6.32. The predicted molar refractivity (Wildman–Crippen MR) is 85.6 cm³/mol. The summed E-state index contributed by atoms with van der Waals surface area (Å²) in [5.74, 6) is 0. The molecule has 0 bridgehead atoms. The third-order valence-corrected chi connectivity index (χ3v) is 5.29. The summed E-state index contributed by atoms with van der Waals surface area (Å²) in [6, 6.07) is 12.2. The average molecular weight is 302 g/mol. The second-order valence-electron chi connectivity index (χ2n) is 4.56. The zero-order valence-electron chi connectivity index (χ0n) is 11.2. The molecule has 0 amide bonds. The van der Waals surface area contributed by atoms with Crippen LogP contribution in [0.4, 0.5) is 0 Å². The third kappa shape index (κ3) is 2.39. The van der Waals surface area contributed by atoms with E-state index in [1.165, 1.54) is 16.9 Å². The number of thiophene rings is 1. The van der Waals surface area contributed by atoms with Gasteiger partial charge in [-0.25, -0.2) is 4.98 Å². The van der Waals surface area contributed by atoms with Gasteiger partial charge in [-0.2, -0.15) is 0 Å². The Kier molecular flexibility index (Phi) is 3.63. The monoisotopic (exact) mass is 302 g/mol. The van der Waals surface area contributed by atoms with Crippen molar-refractivity contribution in [3.8, 4) is 0 Å². The molecule has 0 spiro atoms. The van der Waals surface area contributed by atoms with E-state index >= 15 is 0 Å². The second kappa shape index (κ2) is 5.42. The van der Waals surface area contributed by atoms with Gasteiger partial charge in [-0.1, -0.05) is 42.1 Å². The molecule has 3 rings (SSSR count). The molecule has 0 N–H and O–H groups in total. The molecule has 2 aromatic heterocycles. The summed E-state index contributed by atoms with van der Waals surface area (Å²) in [5.41, 5.74) is 2.06. The fraction of sp³-hybridized carbons (Fsp3) is 0.200. The largest absolute Gasteiger partial charge is 0.289 e. The number of thioether (sulfide) groups is 1. The highest BCUT2D eigenvalue weighted by atomic mass is 32.2. The molecule has 3 aromatic rings. The van der Waals surface area contributed by atoms with Crippen LogP contribution in [0.1, 0.15) is 17.7 Å². The van der Waals surface area contributed by atoms with E-state index < -0.39 is 0 Å². The molecule has 102 valence electrons. The van der Waals surface area contributed by atoms with E-state index in [1.54, 1.807) is 23.4 Å². The minimum atomic E-state index is 0.0350. The smallest absolute Gasteiger partial charge is 0.271 e. The normalized spacial score (nSPS) is 12.7. The molecular weight excluding hydrogens is 288 g/mol. The van der Waals surface area contributed by atoms with Crippen molar-refractivity contribution in [2.75, 3.05) is 0 Å². The number of rotatable bonds is 3. The first kappa shape index (κ1) is 13.4. The van der Waals surface area contributed by atoms with Gasteiger partial charge < -0.3 is 0 Å². The van der Waals surface area contributed by atoms with E-state index in [1.807, 2.05) is 29.6 Å². The summed E-state index contributed by atoms with van der Waals surface area (Å²) < 4.78 is 2.37. The van der Waals surface area contributed by atoms with Crippen LogP contribution in [-0.4, -0.2) is 9.55 Å². The van der Waals surface area contributed by atoms with Crippen LogP contribution in [-0.2, 0) is 7.05 Å². The lowest BCUT2D eigenvalue weighted by Gasteiger charge is -2.13. The van der Waals surface area contributed by atoms with Crippen molar-refractivity contribution in [3.63, 3.8) is 0 Å². The number of hydrogen-bond donors (Lipinski definition) is 0. The molecule has 0 fully saturated rings. The second-order valence-corrected chi connectivity index (χ2v) is 6.79. The lowest BCUT2D eigenvalue weighted by molar-refractivity contribution is 0.725. The van der Waals surface area contributed by atoms with Crippen LogP contribution in [0, 0.1) is 0 Å². The molecular formula is C15H14N2OS2. The fourth-order valence-corrected chi connectivity index (χ4v) is 3.83. The van der Waals surface area contributed by atoms with Gasteiger partial charge in [0.2, 0.25) is 0 Å². The Morgan fingerprint density at radius 1 is 1.25 bits per heavy atom. The molecule has 0 aliphatic carbocycles. The minimum Gasteiger partial charge on any atom is -0.289 e. The lowest BCUT2D eigenvalue weighted by atomic mass is 10.2. The van der Waals surface area contributed by atoms with Crippen molar-refractivity contribution in [2.45, 2.75) is 17.3 Å². The summed E-state index contributed by atoms with van der Waals surface area (Å²) in [6.07, 6.45) is 0. The summed E-state index contributed by atoms with van der Waals surface area (Å²) in [7, 11) is 1.79. The summed E-state index contributed by atoms with van der Waals surface area (Å²) in [5, 5.41) is 2.93. The lowest BCUT2D eigenvalue weighted by Crippen LogP contribution is -2.19. The quantitative estimate of drug-likeness (QED) is 0.544. The Bertz CT molecular complexity index is 792. The zero-order valence-corrected chi connectivity index (χ0v) is 12.9. The van der Waals surface area contributed by atoms with Crippen LogP contribution < -0.4 is 5.56 Å². The van der Waals surface area contributed by atoms with Crippen molar-refractivity contribution in [3.05, 3.63) is 57.7 Å². The van der Waals surface area contributed by atoms with Gasteiger partial charge in [-0.05, 0) is 23.9 Å². The summed E-state index contributed by atoms with van der Waals surface area (Å²) >= 11 is 3.06. The van der Waals surface area contributed by atoms with Gasteiger partial charge in [-0.15, -0.1) is 11.3 Å². The highest BCUT2D eigenvalue weighted by molar-refractivity contribution is 7.99. The summed E-state index contributed by atoms with van der Waals surface area (Å²) in [6.45, 7) is 2.13. The van der Waals surface area contributed by atoms with Crippen molar-refractivity contribution in [1.82, 2.24) is 9.55 Å². The molecule has 0 aliphatic rings. The van der Waals surface area contributed by atoms with Gasteiger partial charge in [-0.3, -0.25) is 9.36 Å². The molecule has 0 saturated carbocycles. The molecule has 0 saturated heterocycles. The Labute approximate surface area is 125 Å². The molecule has 1 aromatic carbocycles. The Morgan fingerprint density at radius 2 is 2.00 bits per heavy atom. The zero-order chi connectivity index (χ0) is 14.1. The number of nitrogens with zero attached hydrogens (tertiary/aromatic N) is 2. The molecule has 0 unspecified atom stereocenters. The number of benzene rings is 1. The van der Waals surface area contributed by atoms with Gasteiger partial charge in [0.05, 0.1) is 5.52 Å². The first-order chi connectivity index (χ1) is 9.66. The molecule has 1 atom stereocenters. The van der Waals surface area contributed by atoms with Crippen LogP contribution in [0.3, 0.4) is 0 Å². The molecule has 20 heavy (non-hydrogen) atoms. The van der Waals surface area contributed by atoms with E-state index in [0.717, 1.165) is 15.4 Å². The van der Waals surface area contributed by atoms with Gasteiger partial charge in [0, 0.05) is 12.3 Å². The highest BCUT2D eigenvalue weighted by Crippen LogP contribution is 2.33. The van der Waals surface area contributed by atoms with E-state index in [2.05, 4.69) is 24.0 Å². The van der Waals surface area contributed by atoms with Gasteiger partial charge in [0.25, 0.3) is 5.56 Å². The van der Waals surface area contributed by atoms with Crippen molar-refractivity contribution in [1.29, 1.82) is 0 Å².